The summed E-state index contributed by atoms with van der Waals surface area (Å²) in [6.45, 7) is 4.68. The Morgan fingerprint density at radius 2 is 1.31 bits per heavy atom. The van der Waals surface area contributed by atoms with Gasteiger partial charge in [-0.3, -0.25) is 14.5 Å². The van der Waals surface area contributed by atoms with Crippen LogP contribution in [-0.4, -0.2) is 42.9 Å². The molecule has 0 saturated heterocycles. The van der Waals surface area contributed by atoms with Gasteiger partial charge in [0.1, 0.15) is 18.4 Å². The van der Waals surface area contributed by atoms with Crippen molar-refractivity contribution in [2.45, 2.75) is 52.2 Å². The monoisotopic (exact) mass is 611 g/mol. The number of amides is 2. The third-order valence-corrected chi connectivity index (χ3v) is 6.87. The molecule has 45 heavy (non-hydrogen) atoms. The third kappa shape index (κ3) is 11.1. The zero-order chi connectivity index (χ0) is 31.9. The minimum absolute atomic E-state index is 0.152. The summed E-state index contributed by atoms with van der Waals surface area (Å²) in [4.78, 5) is 37.6. The van der Waals surface area contributed by atoms with Crippen molar-refractivity contribution in [3.8, 4) is 16.9 Å². The van der Waals surface area contributed by atoms with E-state index in [9.17, 15) is 9.59 Å². The van der Waals surface area contributed by atoms with Crippen molar-refractivity contribution in [2.24, 2.45) is 0 Å². The van der Waals surface area contributed by atoms with Crippen molar-refractivity contribution < 1.29 is 28.7 Å². The second kappa shape index (κ2) is 17.6. The fourth-order valence-corrected chi connectivity index (χ4v) is 4.58. The molecule has 0 saturated carbocycles. The number of nitrogens with zero attached hydrogens (tertiary/aromatic N) is 1. The summed E-state index contributed by atoms with van der Waals surface area (Å²) in [5, 5.41) is 4.40. The van der Waals surface area contributed by atoms with Crippen LogP contribution in [0.25, 0.3) is 11.1 Å². The van der Waals surface area contributed by atoms with E-state index in [1.807, 2.05) is 123 Å². The largest absolute Gasteiger partial charge is 0.497 e. The molecule has 0 aliphatic carbocycles. The van der Waals surface area contributed by atoms with E-state index in [4.69, 9.17) is 19.1 Å². The highest BCUT2D eigenvalue weighted by Gasteiger charge is 2.28. The molecule has 0 fully saturated rings. The van der Waals surface area contributed by atoms with Crippen LogP contribution in [0.3, 0.4) is 0 Å². The Kier molecular flexibility index (Phi) is 13.0. The first-order valence-electron chi connectivity index (χ1n) is 15.0. The minimum atomic E-state index is -0.779. The summed E-state index contributed by atoms with van der Waals surface area (Å²) in [5.41, 5.74) is 7.46. The highest BCUT2D eigenvalue weighted by atomic mass is 16.7. The maximum Gasteiger partial charge on any atom is 0.407 e. The standard InChI is InChI=1S/C36H41N3O6/c1-27(2)45-39(24-28-14-16-31(17-15-28)32-18-20-33(42-3)21-19-32)34(35(40)38-44-26-30-12-8-5-9-13-30)22-23-37-36(41)43-25-29-10-6-4-7-11-29/h4-21,27,34H,22-26H2,1-3H3,(H,37,41)(H,38,40)/t34-/m1/s1. The molecule has 9 heteroatoms. The highest BCUT2D eigenvalue weighted by molar-refractivity contribution is 5.80. The molecule has 2 amide bonds. The second-order valence-electron chi connectivity index (χ2n) is 10.7. The Hall–Kier alpha value is -4.70. The zero-order valence-electron chi connectivity index (χ0n) is 26.0. The minimum Gasteiger partial charge on any atom is -0.497 e. The summed E-state index contributed by atoms with van der Waals surface area (Å²) in [7, 11) is 1.64. The molecule has 0 aliphatic heterocycles. The molecule has 2 N–H and O–H groups in total. The van der Waals surface area contributed by atoms with Crippen molar-refractivity contribution in [1.82, 2.24) is 15.9 Å². The van der Waals surface area contributed by atoms with Crippen molar-refractivity contribution in [1.29, 1.82) is 0 Å². The van der Waals surface area contributed by atoms with Gasteiger partial charge in [0.15, 0.2) is 0 Å². The van der Waals surface area contributed by atoms with Crippen molar-refractivity contribution >= 4 is 12.0 Å². The number of ether oxygens (including phenoxy) is 2. The van der Waals surface area contributed by atoms with Crippen LogP contribution in [0.2, 0.25) is 0 Å². The quantitative estimate of drug-likeness (QED) is 0.141. The first-order valence-corrected chi connectivity index (χ1v) is 15.0. The van der Waals surface area contributed by atoms with E-state index in [1.54, 1.807) is 12.2 Å². The van der Waals surface area contributed by atoms with Crippen LogP contribution < -0.4 is 15.5 Å². The van der Waals surface area contributed by atoms with E-state index in [0.29, 0.717) is 6.54 Å². The van der Waals surface area contributed by atoms with Gasteiger partial charge in [0, 0.05) is 6.54 Å². The Bertz CT molecular complexity index is 1450. The van der Waals surface area contributed by atoms with Crippen molar-refractivity contribution in [3.05, 3.63) is 126 Å². The lowest BCUT2D eigenvalue weighted by Gasteiger charge is -2.31. The van der Waals surface area contributed by atoms with E-state index >= 15 is 0 Å². The lowest BCUT2D eigenvalue weighted by atomic mass is 10.0. The topological polar surface area (TPSA) is 98.4 Å². The predicted octanol–water partition coefficient (Wildman–Crippen LogP) is 6.44. The molecule has 4 rings (SSSR count). The Morgan fingerprint density at radius 3 is 1.89 bits per heavy atom. The second-order valence-corrected chi connectivity index (χ2v) is 10.7. The Labute approximate surface area is 265 Å². The lowest BCUT2D eigenvalue weighted by Crippen LogP contribution is -2.49. The fraction of sp³-hybridized carbons (Fsp3) is 0.278. The van der Waals surface area contributed by atoms with E-state index < -0.39 is 12.1 Å². The Morgan fingerprint density at radius 1 is 0.733 bits per heavy atom. The van der Waals surface area contributed by atoms with E-state index in [2.05, 4.69) is 10.8 Å². The molecule has 1 atom stereocenters. The van der Waals surface area contributed by atoms with Crippen LogP contribution in [0.5, 0.6) is 5.75 Å². The number of carbonyl (C=O) groups is 2. The number of rotatable bonds is 16. The van der Waals surface area contributed by atoms with Gasteiger partial charge in [0.2, 0.25) is 0 Å². The molecule has 0 spiro atoms. The molecule has 0 bridgehead atoms. The van der Waals surface area contributed by atoms with Crippen LogP contribution in [0, 0.1) is 0 Å². The van der Waals surface area contributed by atoms with Gasteiger partial charge in [-0.1, -0.05) is 97.1 Å². The maximum absolute atomic E-state index is 13.5. The van der Waals surface area contributed by atoms with Gasteiger partial charge in [-0.15, -0.1) is 0 Å². The molecule has 236 valence electrons. The first kappa shape index (κ1) is 33.2. The molecule has 0 aliphatic rings. The van der Waals surface area contributed by atoms with Gasteiger partial charge < -0.3 is 14.8 Å². The van der Waals surface area contributed by atoms with Crippen LogP contribution in [0.4, 0.5) is 4.79 Å². The van der Waals surface area contributed by atoms with Gasteiger partial charge in [0.05, 0.1) is 26.4 Å². The normalized spacial score (nSPS) is 11.7. The van der Waals surface area contributed by atoms with Gasteiger partial charge >= 0.3 is 6.09 Å². The number of hydrogen-bond donors (Lipinski definition) is 2. The average molecular weight is 612 g/mol. The number of nitrogens with one attached hydrogen (secondary N) is 2. The highest BCUT2D eigenvalue weighted by Crippen LogP contribution is 2.24. The molecule has 0 unspecified atom stereocenters. The lowest BCUT2D eigenvalue weighted by molar-refractivity contribution is -0.222. The van der Waals surface area contributed by atoms with Crippen LogP contribution in [-0.2, 0) is 39.0 Å². The van der Waals surface area contributed by atoms with Crippen molar-refractivity contribution in [3.63, 3.8) is 0 Å². The zero-order valence-corrected chi connectivity index (χ0v) is 26.0. The maximum atomic E-state index is 13.5. The molecule has 9 nitrogen and oxygen atoms in total. The Balaban J connectivity index is 1.43. The molecule has 0 radical (unpaired) electrons. The summed E-state index contributed by atoms with van der Waals surface area (Å²) >= 11 is 0. The molecule has 0 aromatic heterocycles. The van der Waals surface area contributed by atoms with Gasteiger partial charge in [-0.2, -0.15) is 5.06 Å². The number of hydrogen-bond acceptors (Lipinski definition) is 7. The fourth-order valence-electron chi connectivity index (χ4n) is 4.58. The average Bonchev–Trinajstić information content (AvgIpc) is 3.06. The van der Waals surface area contributed by atoms with Crippen molar-refractivity contribution in [2.75, 3.05) is 13.7 Å². The van der Waals surface area contributed by atoms with Crippen LogP contribution in [0.15, 0.2) is 109 Å². The SMILES string of the molecule is COc1ccc(-c2ccc(CN(OC(C)C)[C@H](CCNC(=O)OCc3ccccc3)C(=O)NOCc3ccccc3)cc2)cc1. The number of benzene rings is 4. The molecule has 4 aromatic carbocycles. The molecule has 0 heterocycles. The molecule has 4 aromatic rings. The summed E-state index contributed by atoms with van der Waals surface area (Å²) in [6, 6.07) is 34.2. The smallest absolute Gasteiger partial charge is 0.407 e. The molecular weight excluding hydrogens is 570 g/mol. The number of hydroxylamine groups is 3. The van der Waals surface area contributed by atoms with Gasteiger partial charge in [-0.25, -0.2) is 10.3 Å². The molecular formula is C36H41N3O6. The predicted molar refractivity (Wildman–Crippen MR) is 173 cm³/mol. The van der Waals surface area contributed by atoms with Crippen LogP contribution in [0.1, 0.15) is 37.0 Å². The van der Waals surface area contributed by atoms with Crippen LogP contribution >= 0.6 is 0 Å². The van der Waals surface area contributed by atoms with E-state index in [1.165, 1.54) is 0 Å². The van der Waals surface area contributed by atoms with Gasteiger partial charge in [0.25, 0.3) is 5.91 Å². The van der Waals surface area contributed by atoms with E-state index in [0.717, 1.165) is 33.6 Å². The summed E-state index contributed by atoms with van der Waals surface area (Å²) in [6.07, 6.45) is -0.519. The summed E-state index contributed by atoms with van der Waals surface area (Å²) < 4.78 is 10.6. The van der Waals surface area contributed by atoms with E-state index in [-0.39, 0.29) is 38.2 Å². The number of carbonyl (C=O) groups excluding carboxylic acids is 2. The first-order chi connectivity index (χ1) is 21.9. The van der Waals surface area contributed by atoms with Gasteiger partial charge in [-0.05, 0) is 60.2 Å². The summed E-state index contributed by atoms with van der Waals surface area (Å²) in [5.74, 6) is 0.411. The number of methoxy groups -OCH3 is 1. The number of alkyl carbamates (subject to hydrolysis) is 1. The third-order valence-electron chi connectivity index (χ3n) is 6.87.